The Labute approximate surface area is 154 Å². The summed E-state index contributed by atoms with van der Waals surface area (Å²) in [6.45, 7) is -0.417. The SMILES string of the molecule is C[S@@](=O)c1ccccc1C(=O)OCC(=O)Nc1ccnn1C1CCCC1. The summed E-state index contributed by atoms with van der Waals surface area (Å²) < 4.78 is 18.6. The molecule has 1 aromatic carbocycles. The second-order valence-corrected chi connectivity index (χ2v) is 7.52. The van der Waals surface area contributed by atoms with E-state index in [0.717, 1.165) is 25.7 Å². The van der Waals surface area contributed by atoms with Gasteiger partial charge in [-0.1, -0.05) is 25.0 Å². The number of nitrogens with zero attached hydrogens (tertiary/aromatic N) is 2. The molecule has 1 aliphatic carbocycles. The van der Waals surface area contributed by atoms with E-state index in [1.54, 1.807) is 30.5 Å². The Morgan fingerprint density at radius 1 is 1.27 bits per heavy atom. The van der Waals surface area contributed by atoms with E-state index in [2.05, 4.69) is 10.4 Å². The molecule has 1 amide bonds. The van der Waals surface area contributed by atoms with Crippen LogP contribution in [0.15, 0.2) is 41.4 Å². The Bertz CT molecular complexity index is 827. The van der Waals surface area contributed by atoms with E-state index in [-0.39, 0.29) is 5.56 Å². The molecule has 0 unspecified atom stereocenters. The monoisotopic (exact) mass is 375 g/mol. The highest BCUT2D eigenvalue weighted by Gasteiger charge is 2.21. The highest BCUT2D eigenvalue weighted by Crippen LogP contribution is 2.31. The minimum absolute atomic E-state index is 0.206. The van der Waals surface area contributed by atoms with Gasteiger partial charge < -0.3 is 10.1 Å². The van der Waals surface area contributed by atoms with Crippen molar-refractivity contribution >= 4 is 28.5 Å². The van der Waals surface area contributed by atoms with Crippen LogP contribution in [0.2, 0.25) is 0 Å². The zero-order valence-corrected chi connectivity index (χ0v) is 15.3. The molecule has 7 nitrogen and oxygen atoms in total. The highest BCUT2D eigenvalue weighted by molar-refractivity contribution is 7.84. The van der Waals surface area contributed by atoms with Gasteiger partial charge in [-0.2, -0.15) is 5.10 Å². The van der Waals surface area contributed by atoms with Crippen LogP contribution in [0.4, 0.5) is 5.82 Å². The van der Waals surface area contributed by atoms with Gasteiger partial charge in [0.15, 0.2) is 6.61 Å². The third-order valence-corrected chi connectivity index (χ3v) is 5.33. The number of hydrogen-bond acceptors (Lipinski definition) is 5. The Kier molecular flexibility index (Phi) is 5.82. The molecule has 1 N–H and O–H groups in total. The van der Waals surface area contributed by atoms with Gasteiger partial charge in [0.25, 0.3) is 5.91 Å². The van der Waals surface area contributed by atoms with Crippen LogP contribution in [0.3, 0.4) is 0 Å². The van der Waals surface area contributed by atoms with E-state index in [1.165, 1.54) is 12.3 Å². The normalized spacial score (nSPS) is 15.6. The van der Waals surface area contributed by atoms with Gasteiger partial charge in [0.05, 0.1) is 33.5 Å². The molecule has 1 saturated carbocycles. The number of anilines is 1. The summed E-state index contributed by atoms with van der Waals surface area (Å²) in [5, 5.41) is 7.02. The van der Waals surface area contributed by atoms with Crippen LogP contribution in [-0.2, 0) is 20.3 Å². The van der Waals surface area contributed by atoms with Gasteiger partial charge in [-0.3, -0.25) is 9.00 Å². The van der Waals surface area contributed by atoms with Gasteiger partial charge in [-0.25, -0.2) is 9.48 Å². The molecule has 2 aromatic rings. The lowest BCUT2D eigenvalue weighted by atomic mass is 10.2. The van der Waals surface area contributed by atoms with Crippen LogP contribution in [0, 0.1) is 0 Å². The lowest BCUT2D eigenvalue weighted by molar-refractivity contribution is -0.119. The molecule has 138 valence electrons. The first kappa shape index (κ1) is 18.3. The number of amides is 1. The van der Waals surface area contributed by atoms with Gasteiger partial charge in [0, 0.05) is 12.3 Å². The largest absolute Gasteiger partial charge is 0.452 e. The molecule has 1 aliphatic rings. The second-order valence-electron chi connectivity index (χ2n) is 6.17. The summed E-state index contributed by atoms with van der Waals surface area (Å²) in [7, 11) is -1.32. The molecule has 0 saturated heterocycles. The molecular formula is C18H21N3O4S. The zero-order chi connectivity index (χ0) is 18.5. The summed E-state index contributed by atoms with van der Waals surface area (Å²) in [5.74, 6) is -0.503. The maximum Gasteiger partial charge on any atom is 0.339 e. The lowest BCUT2D eigenvalue weighted by Crippen LogP contribution is -2.23. The maximum absolute atomic E-state index is 12.2. The number of carbonyl (C=O) groups is 2. The molecule has 26 heavy (non-hydrogen) atoms. The molecule has 0 radical (unpaired) electrons. The third kappa shape index (κ3) is 4.19. The summed E-state index contributed by atoms with van der Waals surface area (Å²) in [6, 6.07) is 8.53. The number of aromatic nitrogens is 2. The molecule has 1 atom stereocenters. The second kappa shape index (κ2) is 8.27. The summed E-state index contributed by atoms with van der Waals surface area (Å²) in [4.78, 5) is 24.7. The van der Waals surface area contributed by atoms with Crippen LogP contribution in [0.5, 0.6) is 0 Å². The number of ether oxygens (including phenoxy) is 1. The Morgan fingerprint density at radius 3 is 2.73 bits per heavy atom. The first-order chi connectivity index (χ1) is 12.6. The van der Waals surface area contributed by atoms with Gasteiger partial charge >= 0.3 is 5.97 Å². The first-order valence-electron chi connectivity index (χ1n) is 8.49. The molecule has 1 heterocycles. The van der Waals surface area contributed by atoms with Crippen LogP contribution < -0.4 is 5.32 Å². The van der Waals surface area contributed by atoms with Crippen molar-refractivity contribution in [3.05, 3.63) is 42.1 Å². The van der Waals surface area contributed by atoms with Gasteiger partial charge in [-0.15, -0.1) is 0 Å². The highest BCUT2D eigenvalue weighted by atomic mass is 32.2. The molecule has 8 heteroatoms. The van der Waals surface area contributed by atoms with Gasteiger partial charge in [0.2, 0.25) is 0 Å². The van der Waals surface area contributed by atoms with Crippen LogP contribution >= 0.6 is 0 Å². The van der Waals surface area contributed by atoms with Crippen molar-refractivity contribution in [2.45, 2.75) is 36.6 Å². The van der Waals surface area contributed by atoms with Gasteiger partial charge in [-0.05, 0) is 25.0 Å². The predicted octanol–water partition coefficient (Wildman–Crippen LogP) is 2.53. The molecule has 0 bridgehead atoms. The Hall–Kier alpha value is -2.48. The van der Waals surface area contributed by atoms with E-state index in [0.29, 0.717) is 16.8 Å². The zero-order valence-electron chi connectivity index (χ0n) is 14.5. The number of nitrogens with one attached hydrogen (secondary N) is 1. The third-order valence-electron chi connectivity index (χ3n) is 4.36. The summed E-state index contributed by atoms with van der Waals surface area (Å²) in [6.07, 6.45) is 7.55. The van der Waals surface area contributed by atoms with Crippen molar-refractivity contribution in [2.24, 2.45) is 0 Å². The number of benzene rings is 1. The minimum Gasteiger partial charge on any atom is -0.452 e. The number of carbonyl (C=O) groups excluding carboxylic acids is 2. The van der Waals surface area contributed by atoms with E-state index >= 15 is 0 Å². The minimum atomic E-state index is -1.32. The number of hydrogen-bond donors (Lipinski definition) is 1. The van der Waals surface area contributed by atoms with Crippen molar-refractivity contribution in [2.75, 3.05) is 18.2 Å². The molecule has 0 aliphatic heterocycles. The van der Waals surface area contributed by atoms with Gasteiger partial charge in [0.1, 0.15) is 5.82 Å². The molecule has 1 aromatic heterocycles. The quantitative estimate of drug-likeness (QED) is 0.784. The van der Waals surface area contributed by atoms with E-state index < -0.39 is 29.3 Å². The smallest absolute Gasteiger partial charge is 0.339 e. The van der Waals surface area contributed by atoms with Crippen molar-refractivity contribution < 1.29 is 18.5 Å². The maximum atomic E-state index is 12.2. The molecule has 1 fully saturated rings. The van der Waals surface area contributed by atoms with E-state index in [4.69, 9.17) is 4.74 Å². The topological polar surface area (TPSA) is 90.3 Å². The van der Waals surface area contributed by atoms with Crippen molar-refractivity contribution in [1.29, 1.82) is 0 Å². The summed E-state index contributed by atoms with van der Waals surface area (Å²) in [5.41, 5.74) is 0.206. The summed E-state index contributed by atoms with van der Waals surface area (Å²) >= 11 is 0. The predicted molar refractivity (Wildman–Crippen MR) is 97.4 cm³/mol. The molecule has 0 spiro atoms. The van der Waals surface area contributed by atoms with Crippen LogP contribution in [0.1, 0.15) is 42.1 Å². The fourth-order valence-corrected chi connectivity index (χ4v) is 3.86. The Morgan fingerprint density at radius 2 is 2.00 bits per heavy atom. The average Bonchev–Trinajstić information content (AvgIpc) is 3.31. The molecule has 3 rings (SSSR count). The average molecular weight is 375 g/mol. The van der Waals surface area contributed by atoms with Crippen molar-refractivity contribution in [1.82, 2.24) is 9.78 Å². The van der Waals surface area contributed by atoms with Crippen molar-refractivity contribution in [3.63, 3.8) is 0 Å². The fraction of sp³-hybridized carbons (Fsp3) is 0.389. The first-order valence-corrected chi connectivity index (χ1v) is 10.0. The standard InChI is InChI=1S/C18H21N3O4S/c1-26(24)15-9-5-4-8-14(15)18(23)25-12-17(22)20-16-10-11-19-21(16)13-6-2-3-7-13/h4-5,8-11,13H,2-3,6-7,12H2,1H3,(H,20,22)/t26-/m1/s1. The van der Waals surface area contributed by atoms with Crippen LogP contribution in [-0.4, -0.2) is 38.7 Å². The lowest BCUT2D eigenvalue weighted by Gasteiger charge is -2.14. The van der Waals surface area contributed by atoms with Crippen LogP contribution in [0.25, 0.3) is 0 Å². The van der Waals surface area contributed by atoms with Crippen molar-refractivity contribution in [3.8, 4) is 0 Å². The fourth-order valence-electron chi connectivity index (χ4n) is 3.13. The Balaban J connectivity index is 1.59. The molecular weight excluding hydrogens is 354 g/mol. The number of rotatable bonds is 6. The van der Waals surface area contributed by atoms with E-state index in [9.17, 15) is 13.8 Å². The van der Waals surface area contributed by atoms with E-state index in [1.807, 2.05) is 4.68 Å². The number of esters is 1.